The molecular formula is C13H14N2O4S. The van der Waals surface area contributed by atoms with E-state index in [0.717, 1.165) is 4.90 Å². The molecule has 2 N–H and O–H groups in total. The quantitative estimate of drug-likeness (QED) is 0.810. The number of anilines is 1. The first-order valence-electron chi connectivity index (χ1n) is 6.10. The average Bonchev–Trinajstić information content (AvgIpc) is 2.44. The summed E-state index contributed by atoms with van der Waals surface area (Å²) in [6.45, 7) is 1.80. The van der Waals surface area contributed by atoms with Crippen molar-refractivity contribution in [3.05, 3.63) is 23.8 Å². The van der Waals surface area contributed by atoms with Gasteiger partial charge in [0.2, 0.25) is 5.91 Å². The molecule has 7 heteroatoms. The van der Waals surface area contributed by atoms with E-state index < -0.39 is 5.97 Å². The number of hydrogen-bond donors (Lipinski definition) is 2. The maximum atomic E-state index is 11.9. The zero-order valence-corrected chi connectivity index (χ0v) is 11.7. The monoisotopic (exact) mass is 294 g/mol. The number of carbonyl (C=O) groups excluding carboxylic acids is 3. The van der Waals surface area contributed by atoms with Crippen molar-refractivity contribution in [3.8, 4) is 0 Å². The molecule has 106 valence electrons. The third kappa shape index (κ3) is 3.51. The van der Waals surface area contributed by atoms with Gasteiger partial charge in [0.1, 0.15) is 6.54 Å². The summed E-state index contributed by atoms with van der Waals surface area (Å²) in [7, 11) is 0. The number of benzene rings is 1. The van der Waals surface area contributed by atoms with Crippen LogP contribution in [-0.2, 0) is 14.3 Å². The Kier molecular flexibility index (Phi) is 4.62. The Morgan fingerprint density at radius 3 is 3.00 bits per heavy atom. The Labute approximate surface area is 120 Å². The first-order chi connectivity index (χ1) is 9.60. The molecule has 0 saturated carbocycles. The van der Waals surface area contributed by atoms with Crippen LogP contribution in [0.2, 0.25) is 0 Å². The fraction of sp³-hybridized carbons (Fsp3) is 0.308. The van der Waals surface area contributed by atoms with Crippen LogP contribution in [0.25, 0.3) is 0 Å². The van der Waals surface area contributed by atoms with Gasteiger partial charge in [-0.25, -0.2) is 0 Å². The summed E-state index contributed by atoms with van der Waals surface area (Å²) in [5, 5.41) is 5.18. The van der Waals surface area contributed by atoms with E-state index >= 15 is 0 Å². The molecule has 1 aromatic carbocycles. The summed E-state index contributed by atoms with van der Waals surface area (Å²) >= 11 is 1.42. The zero-order chi connectivity index (χ0) is 14.5. The number of hydrogen-bond acceptors (Lipinski definition) is 5. The van der Waals surface area contributed by atoms with Gasteiger partial charge in [0.25, 0.3) is 5.91 Å². The summed E-state index contributed by atoms with van der Waals surface area (Å²) in [5.41, 5.74) is 1.01. The lowest BCUT2D eigenvalue weighted by molar-refractivity contribution is -0.141. The molecule has 1 aromatic rings. The highest BCUT2D eigenvalue weighted by Crippen LogP contribution is 2.31. The maximum Gasteiger partial charge on any atom is 0.325 e. The Hall–Kier alpha value is -2.02. The number of ether oxygens (including phenoxy) is 1. The summed E-state index contributed by atoms with van der Waals surface area (Å²) in [6.07, 6.45) is 0. The van der Waals surface area contributed by atoms with Crippen molar-refractivity contribution in [1.82, 2.24) is 5.32 Å². The van der Waals surface area contributed by atoms with Crippen molar-refractivity contribution in [2.24, 2.45) is 0 Å². The maximum absolute atomic E-state index is 11.9. The third-order valence-corrected chi connectivity index (χ3v) is 3.65. The van der Waals surface area contributed by atoms with E-state index in [1.165, 1.54) is 11.8 Å². The van der Waals surface area contributed by atoms with Crippen molar-refractivity contribution in [2.45, 2.75) is 11.8 Å². The number of nitrogens with one attached hydrogen (secondary N) is 2. The standard InChI is InChI=1S/C13H14N2O4S/c1-2-19-12(17)6-14-13(18)8-3-4-10-9(5-8)15-11(16)7-20-10/h3-5H,2,6-7H2,1H3,(H,14,18)(H,15,16). The first-order valence-corrected chi connectivity index (χ1v) is 7.09. The number of carbonyl (C=O) groups is 3. The zero-order valence-electron chi connectivity index (χ0n) is 10.9. The molecular weight excluding hydrogens is 280 g/mol. The van der Waals surface area contributed by atoms with Crippen LogP contribution in [-0.4, -0.2) is 36.7 Å². The molecule has 0 unspecified atom stereocenters. The van der Waals surface area contributed by atoms with Gasteiger partial charge in [0.15, 0.2) is 0 Å². The van der Waals surface area contributed by atoms with E-state index in [1.54, 1.807) is 25.1 Å². The second-order valence-corrected chi connectivity index (χ2v) is 5.05. The van der Waals surface area contributed by atoms with Crippen LogP contribution in [0.5, 0.6) is 0 Å². The highest BCUT2D eigenvalue weighted by Gasteiger charge is 2.17. The number of amides is 2. The van der Waals surface area contributed by atoms with E-state index in [-0.39, 0.29) is 25.0 Å². The van der Waals surface area contributed by atoms with Gasteiger partial charge in [-0.15, -0.1) is 11.8 Å². The third-order valence-electron chi connectivity index (χ3n) is 2.57. The van der Waals surface area contributed by atoms with Gasteiger partial charge >= 0.3 is 5.97 Å². The van der Waals surface area contributed by atoms with E-state index in [2.05, 4.69) is 10.6 Å². The first kappa shape index (κ1) is 14.4. The SMILES string of the molecule is CCOC(=O)CNC(=O)c1ccc2c(c1)NC(=O)CS2. The Balaban J connectivity index is 2.02. The van der Waals surface area contributed by atoms with Crippen molar-refractivity contribution in [2.75, 3.05) is 24.2 Å². The topological polar surface area (TPSA) is 84.5 Å². The van der Waals surface area contributed by atoms with Gasteiger partial charge in [-0.3, -0.25) is 14.4 Å². The fourth-order valence-electron chi connectivity index (χ4n) is 1.69. The number of esters is 1. The molecule has 0 bridgehead atoms. The molecule has 20 heavy (non-hydrogen) atoms. The normalized spacial score (nSPS) is 13.2. The molecule has 6 nitrogen and oxygen atoms in total. The van der Waals surface area contributed by atoms with Crippen LogP contribution >= 0.6 is 11.8 Å². The van der Waals surface area contributed by atoms with E-state index in [1.807, 2.05) is 0 Å². The van der Waals surface area contributed by atoms with Crippen LogP contribution in [0, 0.1) is 0 Å². The fourth-order valence-corrected chi connectivity index (χ4v) is 2.48. The van der Waals surface area contributed by atoms with Crippen LogP contribution in [0.1, 0.15) is 17.3 Å². The molecule has 0 saturated heterocycles. The summed E-state index contributed by atoms with van der Waals surface area (Å²) < 4.78 is 4.72. The molecule has 0 atom stereocenters. The predicted octanol–water partition coefficient (Wildman–Crippen LogP) is 1.02. The molecule has 0 spiro atoms. The Bertz CT molecular complexity index is 559. The summed E-state index contributed by atoms with van der Waals surface area (Å²) in [6, 6.07) is 5.03. The lowest BCUT2D eigenvalue weighted by atomic mass is 10.2. The minimum absolute atomic E-state index is 0.0911. The second-order valence-electron chi connectivity index (χ2n) is 4.04. The van der Waals surface area contributed by atoms with Gasteiger partial charge in [0.05, 0.1) is 18.0 Å². The van der Waals surface area contributed by atoms with Crippen molar-refractivity contribution < 1.29 is 19.1 Å². The molecule has 1 aliphatic heterocycles. The molecule has 0 radical (unpaired) electrons. The predicted molar refractivity (Wildman–Crippen MR) is 74.8 cm³/mol. The summed E-state index contributed by atoms with van der Waals surface area (Å²) in [4.78, 5) is 35.3. The highest BCUT2D eigenvalue weighted by molar-refractivity contribution is 8.00. The van der Waals surface area contributed by atoms with E-state index in [0.29, 0.717) is 17.0 Å². The number of rotatable bonds is 4. The van der Waals surface area contributed by atoms with Crippen LogP contribution in [0.3, 0.4) is 0 Å². The van der Waals surface area contributed by atoms with Crippen molar-refractivity contribution in [1.29, 1.82) is 0 Å². The van der Waals surface area contributed by atoms with Crippen molar-refractivity contribution >= 4 is 35.2 Å². The summed E-state index contributed by atoms with van der Waals surface area (Å²) in [5.74, 6) is -0.582. The van der Waals surface area contributed by atoms with Gasteiger partial charge in [-0.05, 0) is 25.1 Å². The average molecular weight is 294 g/mol. The lowest BCUT2D eigenvalue weighted by Gasteiger charge is -2.16. The Morgan fingerprint density at radius 2 is 2.25 bits per heavy atom. The van der Waals surface area contributed by atoms with Crippen molar-refractivity contribution in [3.63, 3.8) is 0 Å². The number of thioether (sulfide) groups is 1. The minimum Gasteiger partial charge on any atom is -0.465 e. The van der Waals surface area contributed by atoms with Crippen LogP contribution in [0.4, 0.5) is 5.69 Å². The molecule has 2 rings (SSSR count). The Morgan fingerprint density at radius 1 is 1.45 bits per heavy atom. The van der Waals surface area contributed by atoms with E-state index in [4.69, 9.17) is 4.74 Å². The second kappa shape index (κ2) is 6.42. The molecule has 0 aromatic heterocycles. The molecule has 2 amide bonds. The lowest BCUT2D eigenvalue weighted by Crippen LogP contribution is -2.30. The van der Waals surface area contributed by atoms with Crippen LogP contribution < -0.4 is 10.6 Å². The molecule has 0 fully saturated rings. The van der Waals surface area contributed by atoms with Gasteiger partial charge in [-0.1, -0.05) is 0 Å². The highest BCUT2D eigenvalue weighted by atomic mass is 32.2. The molecule has 1 aliphatic rings. The molecule has 1 heterocycles. The minimum atomic E-state index is -0.484. The largest absolute Gasteiger partial charge is 0.465 e. The van der Waals surface area contributed by atoms with Crippen LogP contribution in [0.15, 0.2) is 23.1 Å². The van der Waals surface area contributed by atoms with Gasteiger partial charge in [0, 0.05) is 10.5 Å². The number of fused-ring (bicyclic) bond motifs is 1. The van der Waals surface area contributed by atoms with E-state index in [9.17, 15) is 14.4 Å². The van der Waals surface area contributed by atoms with Gasteiger partial charge in [-0.2, -0.15) is 0 Å². The smallest absolute Gasteiger partial charge is 0.325 e. The molecule has 0 aliphatic carbocycles. The van der Waals surface area contributed by atoms with Gasteiger partial charge < -0.3 is 15.4 Å².